The van der Waals surface area contributed by atoms with E-state index in [1.165, 1.54) is 42.5 Å². The minimum atomic E-state index is -4.50. The summed E-state index contributed by atoms with van der Waals surface area (Å²) >= 11 is 0. The van der Waals surface area contributed by atoms with Crippen LogP contribution in [0.15, 0.2) is 48.5 Å². The minimum Gasteiger partial charge on any atom is -0.376 e. The number of carbonyl (C=O) groups excluding carboxylic acids is 1. The number of nitrogens with one attached hydrogen (secondary N) is 2. The van der Waals surface area contributed by atoms with Crippen molar-refractivity contribution in [1.82, 2.24) is 0 Å². The van der Waals surface area contributed by atoms with Gasteiger partial charge < -0.3 is 10.6 Å². The molecule has 2 rings (SSSR count). The first kappa shape index (κ1) is 15.8. The molecule has 0 aromatic heterocycles. The summed E-state index contributed by atoms with van der Waals surface area (Å²) < 4.78 is 51.1. The van der Waals surface area contributed by atoms with Crippen LogP contribution in [0.1, 0.15) is 5.56 Å². The van der Waals surface area contributed by atoms with Crippen LogP contribution in [-0.2, 0) is 11.0 Å². The molecule has 7 heteroatoms. The van der Waals surface area contributed by atoms with Crippen LogP contribution < -0.4 is 10.6 Å². The Balaban J connectivity index is 1.98. The van der Waals surface area contributed by atoms with Crippen LogP contribution in [0.25, 0.3) is 0 Å². The molecule has 0 unspecified atom stereocenters. The van der Waals surface area contributed by atoms with Crippen molar-refractivity contribution in [3.8, 4) is 0 Å². The van der Waals surface area contributed by atoms with Crippen LogP contribution in [0, 0.1) is 5.82 Å². The minimum absolute atomic E-state index is 0.177. The maximum absolute atomic E-state index is 12.8. The van der Waals surface area contributed by atoms with Gasteiger partial charge in [-0.2, -0.15) is 13.2 Å². The summed E-state index contributed by atoms with van der Waals surface area (Å²) in [4.78, 5) is 11.7. The Morgan fingerprint density at radius 2 is 1.64 bits per heavy atom. The third-order valence-corrected chi connectivity index (χ3v) is 2.80. The topological polar surface area (TPSA) is 41.1 Å². The Kier molecular flexibility index (Phi) is 4.65. The van der Waals surface area contributed by atoms with Crippen LogP contribution in [0.2, 0.25) is 0 Å². The molecule has 0 aliphatic carbocycles. The summed E-state index contributed by atoms with van der Waals surface area (Å²) in [5, 5.41) is 4.89. The number of anilines is 2. The SMILES string of the molecule is O=C(CNc1ccccc1C(F)(F)F)Nc1ccc(F)cc1. The lowest BCUT2D eigenvalue weighted by molar-refractivity contribution is -0.137. The lowest BCUT2D eigenvalue weighted by Gasteiger charge is -2.14. The van der Waals surface area contributed by atoms with Crippen molar-refractivity contribution in [2.75, 3.05) is 17.2 Å². The van der Waals surface area contributed by atoms with E-state index in [0.717, 1.165) is 6.07 Å². The average molecular weight is 312 g/mol. The summed E-state index contributed by atoms with van der Waals surface area (Å²) in [5.74, 6) is -0.987. The van der Waals surface area contributed by atoms with E-state index in [4.69, 9.17) is 0 Å². The summed E-state index contributed by atoms with van der Waals surface area (Å²) in [6.45, 7) is -0.343. The Hall–Kier alpha value is -2.57. The monoisotopic (exact) mass is 312 g/mol. The van der Waals surface area contributed by atoms with Crippen molar-refractivity contribution in [3.63, 3.8) is 0 Å². The number of hydrogen-bond donors (Lipinski definition) is 2. The molecule has 0 aliphatic heterocycles. The second kappa shape index (κ2) is 6.46. The number of alkyl halides is 3. The van der Waals surface area contributed by atoms with E-state index in [0.29, 0.717) is 5.69 Å². The molecule has 116 valence electrons. The molecule has 0 atom stereocenters. The van der Waals surface area contributed by atoms with E-state index in [2.05, 4.69) is 10.6 Å². The van der Waals surface area contributed by atoms with Crippen LogP contribution in [0.3, 0.4) is 0 Å². The molecule has 0 aliphatic rings. The molecule has 0 saturated carbocycles. The highest BCUT2D eigenvalue weighted by Crippen LogP contribution is 2.34. The van der Waals surface area contributed by atoms with Gasteiger partial charge in [0.25, 0.3) is 0 Å². The highest BCUT2D eigenvalue weighted by atomic mass is 19.4. The largest absolute Gasteiger partial charge is 0.418 e. The van der Waals surface area contributed by atoms with Crippen LogP contribution in [0.5, 0.6) is 0 Å². The van der Waals surface area contributed by atoms with Gasteiger partial charge in [-0.25, -0.2) is 4.39 Å². The number of halogens is 4. The molecule has 3 nitrogen and oxygen atoms in total. The molecule has 0 saturated heterocycles. The Morgan fingerprint density at radius 1 is 1.00 bits per heavy atom. The fourth-order valence-corrected chi connectivity index (χ4v) is 1.80. The van der Waals surface area contributed by atoms with Crippen LogP contribution >= 0.6 is 0 Å². The average Bonchev–Trinajstić information content (AvgIpc) is 2.47. The van der Waals surface area contributed by atoms with E-state index in [-0.39, 0.29) is 12.2 Å². The zero-order valence-electron chi connectivity index (χ0n) is 11.2. The van der Waals surface area contributed by atoms with E-state index in [9.17, 15) is 22.4 Å². The van der Waals surface area contributed by atoms with Gasteiger partial charge in [0, 0.05) is 11.4 Å². The van der Waals surface area contributed by atoms with Gasteiger partial charge in [0.2, 0.25) is 5.91 Å². The molecule has 2 aromatic rings. The molecule has 2 N–H and O–H groups in total. The summed E-state index contributed by atoms with van der Waals surface area (Å²) in [5.41, 5.74) is -0.661. The first-order chi connectivity index (χ1) is 10.4. The molecule has 2 aromatic carbocycles. The van der Waals surface area contributed by atoms with Gasteiger partial charge in [-0.3, -0.25) is 4.79 Å². The van der Waals surface area contributed by atoms with E-state index >= 15 is 0 Å². The number of benzene rings is 2. The number of amides is 1. The van der Waals surface area contributed by atoms with Gasteiger partial charge in [-0.15, -0.1) is 0 Å². The Morgan fingerprint density at radius 3 is 2.27 bits per heavy atom. The van der Waals surface area contributed by atoms with Gasteiger partial charge >= 0.3 is 6.18 Å². The van der Waals surface area contributed by atoms with Crippen molar-refractivity contribution in [2.45, 2.75) is 6.18 Å². The van der Waals surface area contributed by atoms with Crippen molar-refractivity contribution in [1.29, 1.82) is 0 Å². The normalized spacial score (nSPS) is 11.1. The van der Waals surface area contributed by atoms with Gasteiger partial charge in [0.15, 0.2) is 0 Å². The quantitative estimate of drug-likeness (QED) is 0.841. The fourth-order valence-electron chi connectivity index (χ4n) is 1.80. The molecule has 0 bridgehead atoms. The van der Waals surface area contributed by atoms with Crippen molar-refractivity contribution in [2.24, 2.45) is 0 Å². The van der Waals surface area contributed by atoms with Crippen molar-refractivity contribution < 1.29 is 22.4 Å². The first-order valence-electron chi connectivity index (χ1n) is 6.32. The van der Waals surface area contributed by atoms with Gasteiger partial charge in [0.1, 0.15) is 5.82 Å². The maximum atomic E-state index is 12.8. The fraction of sp³-hybridized carbons (Fsp3) is 0.133. The Labute approximate surface area is 124 Å². The number of carbonyl (C=O) groups is 1. The molecule has 0 radical (unpaired) electrons. The van der Waals surface area contributed by atoms with Crippen molar-refractivity contribution >= 4 is 17.3 Å². The van der Waals surface area contributed by atoms with Gasteiger partial charge in [-0.1, -0.05) is 12.1 Å². The number of hydrogen-bond acceptors (Lipinski definition) is 2. The molecular weight excluding hydrogens is 300 g/mol. The predicted octanol–water partition coefficient (Wildman–Crippen LogP) is 3.90. The number of para-hydroxylation sites is 1. The highest BCUT2D eigenvalue weighted by molar-refractivity contribution is 5.93. The number of rotatable bonds is 4. The predicted molar refractivity (Wildman–Crippen MR) is 75.0 cm³/mol. The third-order valence-electron chi connectivity index (χ3n) is 2.80. The third kappa shape index (κ3) is 4.21. The Bertz CT molecular complexity index is 653. The lowest BCUT2D eigenvalue weighted by atomic mass is 10.1. The highest BCUT2D eigenvalue weighted by Gasteiger charge is 2.33. The molecular formula is C15H12F4N2O. The van der Waals surface area contributed by atoms with E-state index in [1.807, 2.05) is 0 Å². The molecule has 0 fully saturated rings. The smallest absolute Gasteiger partial charge is 0.376 e. The molecule has 0 spiro atoms. The second-order valence-electron chi connectivity index (χ2n) is 4.45. The van der Waals surface area contributed by atoms with Crippen molar-refractivity contribution in [3.05, 3.63) is 59.9 Å². The van der Waals surface area contributed by atoms with Crippen LogP contribution in [0.4, 0.5) is 28.9 Å². The maximum Gasteiger partial charge on any atom is 0.418 e. The van der Waals surface area contributed by atoms with Gasteiger partial charge in [0.05, 0.1) is 12.1 Å². The summed E-state index contributed by atoms with van der Waals surface area (Å²) in [6, 6.07) is 9.94. The molecule has 0 heterocycles. The summed E-state index contributed by atoms with van der Waals surface area (Å²) in [6.07, 6.45) is -4.50. The second-order valence-corrected chi connectivity index (χ2v) is 4.45. The molecule has 22 heavy (non-hydrogen) atoms. The first-order valence-corrected chi connectivity index (χ1v) is 6.32. The zero-order chi connectivity index (χ0) is 16.2. The lowest BCUT2D eigenvalue weighted by Crippen LogP contribution is -2.23. The molecule has 1 amide bonds. The standard InChI is InChI=1S/C15H12F4N2O/c16-10-5-7-11(8-6-10)21-14(22)9-20-13-4-2-1-3-12(13)15(17,18)19/h1-8,20H,9H2,(H,21,22). The van der Waals surface area contributed by atoms with Crippen LogP contribution in [-0.4, -0.2) is 12.5 Å². The zero-order valence-corrected chi connectivity index (χ0v) is 11.2. The van der Waals surface area contributed by atoms with Gasteiger partial charge in [-0.05, 0) is 36.4 Å². The van der Waals surface area contributed by atoms with E-state index in [1.54, 1.807) is 0 Å². The summed E-state index contributed by atoms with van der Waals surface area (Å²) in [7, 11) is 0. The van der Waals surface area contributed by atoms with E-state index < -0.39 is 23.5 Å².